The molecule has 0 aromatic rings. The molecule has 0 aromatic heterocycles. The predicted molar refractivity (Wildman–Crippen MR) is 51.2 cm³/mol. The van der Waals surface area contributed by atoms with Gasteiger partial charge >= 0.3 is 0 Å². The van der Waals surface area contributed by atoms with Crippen molar-refractivity contribution in [3.63, 3.8) is 0 Å². The normalized spacial score (nSPS) is 10.6. The number of nitrogens with zero attached hydrogens (tertiary/aromatic N) is 1. The Labute approximate surface area is 70.7 Å². The van der Waals surface area contributed by atoms with Crippen molar-refractivity contribution in [2.45, 2.75) is 34.6 Å². The van der Waals surface area contributed by atoms with E-state index in [2.05, 4.69) is 18.8 Å². The molecule has 0 atom stereocenters. The number of hydrogen-bond donors (Lipinski definition) is 0. The fourth-order valence-corrected chi connectivity index (χ4v) is 0.639. The Morgan fingerprint density at radius 2 is 1.82 bits per heavy atom. The molecule has 0 fully saturated rings. The largest absolute Gasteiger partial charge is 0.484 e. The van der Waals surface area contributed by atoms with Crippen LogP contribution in [0.4, 0.5) is 0 Å². The highest BCUT2D eigenvalue weighted by Crippen LogP contribution is 1.96. The van der Waals surface area contributed by atoms with Crippen molar-refractivity contribution in [3.05, 3.63) is 0 Å². The second-order valence-electron chi connectivity index (χ2n) is 2.17. The molecule has 0 amide bonds. The van der Waals surface area contributed by atoms with E-state index in [4.69, 9.17) is 4.74 Å². The third-order valence-corrected chi connectivity index (χ3v) is 1.02. The van der Waals surface area contributed by atoms with E-state index < -0.39 is 0 Å². The minimum absolute atomic E-state index is 0.412. The topological polar surface area (TPSA) is 21.6 Å². The van der Waals surface area contributed by atoms with Gasteiger partial charge in [-0.15, -0.1) is 0 Å². The van der Waals surface area contributed by atoms with Gasteiger partial charge in [-0.2, -0.15) is 0 Å². The van der Waals surface area contributed by atoms with Gasteiger partial charge in [-0.05, 0) is 6.92 Å². The third kappa shape index (κ3) is 7.37. The first-order valence-corrected chi connectivity index (χ1v) is 4.30. The molecule has 0 heterocycles. The summed E-state index contributed by atoms with van der Waals surface area (Å²) in [6, 6.07) is 0. The van der Waals surface area contributed by atoms with Crippen LogP contribution in [-0.2, 0) is 4.74 Å². The number of aliphatic imine (C=N–C) groups is 1. The van der Waals surface area contributed by atoms with E-state index >= 15 is 0 Å². The van der Waals surface area contributed by atoms with E-state index in [0.717, 1.165) is 12.4 Å². The zero-order valence-electron chi connectivity index (χ0n) is 8.64. The lowest BCUT2D eigenvalue weighted by Crippen LogP contribution is -2.09. The van der Waals surface area contributed by atoms with Gasteiger partial charge in [0.2, 0.25) is 0 Å². The van der Waals surface area contributed by atoms with Crippen LogP contribution in [0.1, 0.15) is 34.6 Å². The van der Waals surface area contributed by atoms with E-state index in [1.54, 1.807) is 7.11 Å². The maximum Gasteiger partial charge on any atom is 0.185 e. The molecule has 0 saturated heterocycles. The van der Waals surface area contributed by atoms with Gasteiger partial charge in [0.25, 0.3) is 0 Å². The summed E-state index contributed by atoms with van der Waals surface area (Å²) < 4.78 is 5.00. The van der Waals surface area contributed by atoms with E-state index in [1.807, 2.05) is 20.8 Å². The predicted octanol–water partition coefficient (Wildman–Crippen LogP) is 2.73. The lowest BCUT2D eigenvalue weighted by molar-refractivity contribution is 0.373. The minimum Gasteiger partial charge on any atom is -0.484 e. The van der Waals surface area contributed by atoms with Gasteiger partial charge in [-0.25, -0.2) is 0 Å². The monoisotopic (exact) mass is 159 g/mol. The molecule has 2 heteroatoms. The van der Waals surface area contributed by atoms with Crippen molar-refractivity contribution in [3.8, 4) is 0 Å². The molecule has 0 bridgehead atoms. The Balaban J connectivity index is 0. The summed E-state index contributed by atoms with van der Waals surface area (Å²) in [4.78, 5) is 4.14. The second-order valence-corrected chi connectivity index (χ2v) is 2.17. The SMILES string of the molecule is CC.CCN=C(OC)C(C)C. The van der Waals surface area contributed by atoms with Gasteiger partial charge in [-0.1, -0.05) is 27.7 Å². The van der Waals surface area contributed by atoms with Crippen molar-refractivity contribution in [1.82, 2.24) is 0 Å². The molecule has 68 valence electrons. The van der Waals surface area contributed by atoms with Gasteiger partial charge in [-0.3, -0.25) is 4.99 Å². The summed E-state index contributed by atoms with van der Waals surface area (Å²) in [5.74, 6) is 1.26. The molecule has 2 nitrogen and oxygen atoms in total. The fraction of sp³-hybridized carbons (Fsp3) is 0.889. The molecule has 0 aliphatic heterocycles. The van der Waals surface area contributed by atoms with Crippen LogP contribution in [0.5, 0.6) is 0 Å². The molecular formula is C9H21NO. The number of ether oxygens (including phenoxy) is 1. The molecule has 11 heavy (non-hydrogen) atoms. The van der Waals surface area contributed by atoms with Crippen molar-refractivity contribution in [2.75, 3.05) is 13.7 Å². The van der Waals surface area contributed by atoms with Crippen LogP contribution in [0.2, 0.25) is 0 Å². The third-order valence-electron chi connectivity index (χ3n) is 1.02. The smallest absolute Gasteiger partial charge is 0.185 e. The average Bonchev–Trinajstić information content (AvgIpc) is 2.03. The summed E-state index contributed by atoms with van der Waals surface area (Å²) in [6.45, 7) is 10.9. The van der Waals surface area contributed by atoms with Gasteiger partial charge in [0.15, 0.2) is 5.90 Å². The second kappa shape index (κ2) is 9.47. The Morgan fingerprint density at radius 3 is 1.91 bits per heavy atom. The summed E-state index contributed by atoms with van der Waals surface area (Å²) in [6.07, 6.45) is 0. The van der Waals surface area contributed by atoms with Crippen LogP contribution in [0, 0.1) is 5.92 Å². The molecule has 0 aliphatic rings. The summed E-state index contributed by atoms with van der Waals surface area (Å²) >= 11 is 0. The quantitative estimate of drug-likeness (QED) is 0.448. The maximum absolute atomic E-state index is 5.00. The molecule has 0 saturated carbocycles. The van der Waals surface area contributed by atoms with Gasteiger partial charge in [0.05, 0.1) is 7.11 Å². The Kier molecular flexibility index (Phi) is 11.3. The van der Waals surface area contributed by atoms with Crippen molar-refractivity contribution >= 4 is 5.90 Å². The molecular weight excluding hydrogens is 138 g/mol. The minimum atomic E-state index is 0.412. The molecule has 0 spiro atoms. The standard InChI is InChI=1S/C7H15NO.C2H6/c1-5-8-7(9-4)6(2)3;1-2/h6H,5H2,1-4H3;1-2H3. The van der Waals surface area contributed by atoms with Crippen LogP contribution in [-0.4, -0.2) is 19.6 Å². The van der Waals surface area contributed by atoms with Crippen molar-refractivity contribution in [1.29, 1.82) is 0 Å². The number of rotatable bonds is 2. The molecule has 0 aliphatic carbocycles. The van der Waals surface area contributed by atoms with Crippen LogP contribution < -0.4 is 0 Å². The summed E-state index contributed by atoms with van der Waals surface area (Å²) in [5, 5.41) is 0. The van der Waals surface area contributed by atoms with Crippen LogP contribution in [0.15, 0.2) is 4.99 Å². The molecule has 0 N–H and O–H groups in total. The zero-order valence-corrected chi connectivity index (χ0v) is 8.64. The van der Waals surface area contributed by atoms with E-state index in [0.29, 0.717) is 5.92 Å². The first-order chi connectivity index (χ1) is 5.22. The number of hydrogen-bond acceptors (Lipinski definition) is 2. The Bertz CT molecular complexity index is 97.7. The molecule has 0 unspecified atom stereocenters. The van der Waals surface area contributed by atoms with Gasteiger partial charge in [0.1, 0.15) is 0 Å². The lowest BCUT2D eigenvalue weighted by atomic mass is 10.2. The highest BCUT2D eigenvalue weighted by molar-refractivity contribution is 5.77. The Morgan fingerprint density at radius 1 is 1.36 bits per heavy atom. The Hall–Kier alpha value is -0.530. The van der Waals surface area contributed by atoms with Gasteiger partial charge in [0, 0.05) is 12.5 Å². The summed E-state index contributed by atoms with van der Waals surface area (Å²) in [5.41, 5.74) is 0. The highest BCUT2D eigenvalue weighted by Gasteiger charge is 2.01. The van der Waals surface area contributed by atoms with Gasteiger partial charge < -0.3 is 4.74 Å². The molecule has 0 aromatic carbocycles. The highest BCUT2D eigenvalue weighted by atomic mass is 16.5. The molecule has 0 radical (unpaired) electrons. The van der Waals surface area contributed by atoms with Crippen LogP contribution >= 0.6 is 0 Å². The van der Waals surface area contributed by atoms with E-state index in [1.165, 1.54) is 0 Å². The number of methoxy groups -OCH3 is 1. The summed E-state index contributed by atoms with van der Waals surface area (Å²) in [7, 11) is 1.66. The van der Waals surface area contributed by atoms with E-state index in [9.17, 15) is 0 Å². The maximum atomic E-state index is 5.00. The van der Waals surface area contributed by atoms with E-state index in [-0.39, 0.29) is 0 Å². The van der Waals surface area contributed by atoms with Crippen molar-refractivity contribution < 1.29 is 4.74 Å². The fourth-order valence-electron chi connectivity index (χ4n) is 0.639. The zero-order chi connectivity index (χ0) is 9.28. The van der Waals surface area contributed by atoms with Crippen LogP contribution in [0.25, 0.3) is 0 Å². The lowest BCUT2D eigenvalue weighted by Gasteiger charge is -2.06. The van der Waals surface area contributed by atoms with Crippen LogP contribution in [0.3, 0.4) is 0 Å². The first kappa shape index (κ1) is 13.1. The molecule has 0 rings (SSSR count). The van der Waals surface area contributed by atoms with Crippen molar-refractivity contribution in [2.24, 2.45) is 10.9 Å². The first-order valence-electron chi connectivity index (χ1n) is 4.30. The average molecular weight is 159 g/mol.